The van der Waals surface area contributed by atoms with Crippen molar-refractivity contribution in [3.05, 3.63) is 0 Å². The third kappa shape index (κ3) is 1.98. The largest absolute Gasteiger partial charge is 0.442 e. The summed E-state index contributed by atoms with van der Waals surface area (Å²) < 4.78 is 5.01. The number of amides is 1. The molecule has 1 amide bonds. The first-order chi connectivity index (χ1) is 6.81. The molecule has 0 unspecified atom stereocenters. The van der Waals surface area contributed by atoms with Gasteiger partial charge in [-0.05, 0) is 24.3 Å². The molecule has 0 saturated carbocycles. The molecule has 5 heteroatoms. The van der Waals surface area contributed by atoms with Crippen LogP contribution in [0, 0.1) is 0 Å². The first-order valence-corrected chi connectivity index (χ1v) is 6.12. The number of carbonyl (C=O) groups is 1. The molecule has 0 aliphatic carbocycles. The van der Waals surface area contributed by atoms with Gasteiger partial charge in [0, 0.05) is 6.04 Å². The van der Waals surface area contributed by atoms with Gasteiger partial charge in [0.05, 0.1) is 13.2 Å². The van der Waals surface area contributed by atoms with E-state index in [-0.39, 0.29) is 18.8 Å². The average Bonchev–Trinajstić information content (AvgIpc) is 2.61. The van der Waals surface area contributed by atoms with Crippen molar-refractivity contribution < 1.29 is 14.6 Å². The van der Waals surface area contributed by atoms with Crippen LogP contribution < -0.4 is 0 Å². The highest BCUT2D eigenvalue weighted by molar-refractivity contribution is 7.99. The Bertz CT molecular complexity index is 218. The van der Waals surface area contributed by atoms with Crippen LogP contribution >= 0.6 is 11.8 Å². The van der Waals surface area contributed by atoms with Gasteiger partial charge in [-0.15, -0.1) is 0 Å². The number of hydrogen-bond acceptors (Lipinski definition) is 4. The van der Waals surface area contributed by atoms with Crippen LogP contribution in [-0.4, -0.2) is 52.9 Å². The molecule has 0 aromatic rings. The topological polar surface area (TPSA) is 49.8 Å². The van der Waals surface area contributed by atoms with Crippen LogP contribution in [0.15, 0.2) is 0 Å². The van der Waals surface area contributed by atoms with Crippen LogP contribution in [0.3, 0.4) is 0 Å². The maximum Gasteiger partial charge on any atom is 0.410 e. The molecule has 0 aromatic carbocycles. The first-order valence-electron chi connectivity index (χ1n) is 4.97. The molecular weight excluding hydrogens is 202 g/mol. The number of aliphatic hydroxyl groups excluding tert-OH is 1. The lowest BCUT2D eigenvalue weighted by Crippen LogP contribution is -2.39. The van der Waals surface area contributed by atoms with E-state index in [1.165, 1.54) is 0 Å². The van der Waals surface area contributed by atoms with E-state index in [9.17, 15) is 4.79 Å². The van der Waals surface area contributed by atoms with Crippen molar-refractivity contribution in [2.75, 3.05) is 24.7 Å². The van der Waals surface area contributed by atoms with Gasteiger partial charge in [-0.3, -0.25) is 0 Å². The summed E-state index contributed by atoms with van der Waals surface area (Å²) >= 11 is 1.94. The van der Waals surface area contributed by atoms with Gasteiger partial charge in [-0.1, -0.05) is 0 Å². The molecule has 80 valence electrons. The van der Waals surface area contributed by atoms with Crippen LogP contribution in [0.25, 0.3) is 0 Å². The highest BCUT2D eigenvalue weighted by Gasteiger charge is 2.35. The Labute approximate surface area is 87.6 Å². The highest BCUT2D eigenvalue weighted by atomic mass is 32.2. The summed E-state index contributed by atoms with van der Waals surface area (Å²) in [5.74, 6) is 2.25. The monoisotopic (exact) mass is 217 g/mol. The fourth-order valence-corrected chi connectivity index (χ4v) is 3.01. The molecule has 0 spiro atoms. The third-order valence-electron chi connectivity index (χ3n) is 2.74. The lowest BCUT2D eigenvalue weighted by Gasteiger charge is -2.28. The van der Waals surface area contributed by atoms with E-state index in [0.717, 1.165) is 24.3 Å². The van der Waals surface area contributed by atoms with Crippen molar-refractivity contribution in [1.82, 2.24) is 4.90 Å². The fourth-order valence-electron chi connectivity index (χ4n) is 1.93. The minimum atomic E-state index is -0.308. The Balaban J connectivity index is 1.93. The number of rotatable bonds is 2. The SMILES string of the molecule is O=C1O[C@@H](CO)CN1C1CCSCC1. The van der Waals surface area contributed by atoms with Gasteiger partial charge in [0.2, 0.25) is 0 Å². The van der Waals surface area contributed by atoms with Gasteiger partial charge in [0.1, 0.15) is 6.10 Å². The van der Waals surface area contributed by atoms with E-state index in [0.29, 0.717) is 12.6 Å². The van der Waals surface area contributed by atoms with Crippen molar-refractivity contribution >= 4 is 17.9 Å². The van der Waals surface area contributed by atoms with E-state index >= 15 is 0 Å². The normalized spacial score (nSPS) is 29.4. The van der Waals surface area contributed by atoms with E-state index < -0.39 is 0 Å². The Morgan fingerprint density at radius 1 is 1.50 bits per heavy atom. The van der Waals surface area contributed by atoms with Gasteiger partial charge in [-0.25, -0.2) is 4.79 Å². The zero-order chi connectivity index (χ0) is 9.97. The van der Waals surface area contributed by atoms with Crippen molar-refractivity contribution in [3.63, 3.8) is 0 Å². The van der Waals surface area contributed by atoms with Crippen LogP contribution in [0.4, 0.5) is 4.79 Å². The molecule has 2 rings (SSSR count). The lowest BCUT2D eigenvalue weighted by molar-refractivity contribution is 0.0939. The molecule has 2 saturated heterocycles. The fraction of sp³-hybridized carbons (Fsp3) is 0.889. The van der Waals surface area contributed by atoms with Gasteiger partial charge >= 0.3 is 6.09 Å². The standard InChI is InChI=1S/C9H15NO3S/c11-6-8-5-10(9(12)13-8)7-1-3-14-4-2-7/h7-8,11H,1-6H2/t8-/m1/s1. The molecule has 2 aliphatic heterocycles. The van der Waals surface area contributed by atoms with Gasteiger partial charge in [0.15, 0.2) is 0 Å². The molecule has 1 N–H and O–H groups in total. The molecular formula is C9H15NO3S. The van der Waals surface area contributed by atoms with Crippen molar-refractivity contribution in [2.45, 2.75) is 25.0 Å². The Morgan fingerprint density at radius 2 is 2.21 bits per heavy atom. The molecule has 4 nitrogen and oxygen atoms in total. The van der Waals surface area contributed by atoms with Crippen molar-refractivity contribution in [2.24, 2.45) is 0 Å². The number of carbonyl (C=O) groups excluding carboxylic acids is 1. The second kappa shape index (κ2) is 4.40. The molecule has 2 aliphatic rings. The smallest absolute Gasteiger partial charge is 0.410 e. The van der Waals surface area contributed by atoms with Crippen LogP contribution in [0.2, 0.25) is 0 Å². The number of hydrogen-bond donors (Lipinski definition) is 1. The first kappa shape index (κ1) is 10.1. The van der Waals surface area contributed by atoms with Gasteiger partial charge in [-0.2, -0.15) is 11.8 Å². The van der Waals surface area contributed by atoms with Crippen molar-refractivity contribution in [1.29, 1.82) is 0 Å². The Morgan fingerprint density at radius 3 is 2.79 bits per heavy atom. The van der Waals surface area contributed by atoms with Gasteiger partial charge in [0.25, 0.3) is 0 Å². The second-order valence-corrected chi connectivity index (χ2v) is 4.91. The lowest BCUT2D eigenvalue weighted by atomic mass is 10.1. The minimum Gasteiger partial charge on any atom is -0.442 e. The Kier molecular flexibility index (Phi) is 3.18. The second-order valence-electron chi connectivity index (χ2n) is 3.68. The summed E-state index contributed by atoms with van der Waals surface area (Å²) in [4.78, 5) is 13.2. The Hall–Kier alpha value is -0.420. The van der Waals surface area contributed by atoms with Crippen LogP contribution in [-0.2, 0) is 4.74 Å². The molecule has 14 heavy (non-hydrogen) atoms. The summed E-state index contributed by atoms with van der Waals surface area (Å²) in [6.45, 7) is 0.494. The minimum absolute atomic E-state index is 0.0658. The third-order valence-corrected chi connectivity index (χ3v) is 3.79. The number of nitrogens with zero attached hydrogens (tertiary/aromatic N) is 1. The molecule has 2 fully saturated rings. The zero-order valence-corrected chi connectivity index (χ0v) is 8.83. The number of thioether (sulfide) groups is 1. The molecule has 0 bridgehead atoms. The molecule has 2 heterocycles. The van der Waals surface area contributed by atoms with E-state index in [4.69, 9.17) is 9.84 Å². The quantitative estimate of drug-likeness (QED) is 0.739. The van der Waals surface area contributed by atoms with Crippen LogP contribution in [0.5, 0.6) is 0 Å². The maximum absolute atomic E-state index is 11.4. The van der Waals surface area contributed by atoms with Crippen molar-refractivity contribution in [3.8, 4) is 0 Å². The number of aliphatic hydroxyl groups is 1. The predicted octanol–water partition coefficient (Wildman–Crippen LogP) is 0.695. The van der Waals surface area contributed by atoms with Gasteiger partial charge < -0.3 is 14.7 Å². The predicted molar refractivity (Wildman–Crippen MR) is 54.4 cm³/mol. The van der Waals surface area contributed by atoms with E-state index in [1.807, 2.05) is 11.8 Å². The molecule has 0 aromatic heterocycles. The average molecular weight is 217 g/mol. The zero-order valence-electron chi connectivity index (χ0n) is 8.02. The highest BCUT2D eigenvalue weighted by Crippen LogP contribution is 2.25. The number of cyclic esters (lactones) is 1. The van der Waals surface area contributed by atoms with Crippen LogP contribution in [0.1, 0.15) is 12.8 Å². The maximum atomic E-state index is 11.4. The van der Waals surface area contributed by atoms with E-state index in [2.05, 4.69) is 0 Å². The summed E-state index contributed by atoms with van der Waals surface area (Å²) in [5.41, 5.74) is 0. The van der Waals surface area contributed by atoms with E-state index in [1.54, 1.807) is 4.90 Å². The number of ether oxygens (including phenoxy) is 1. The summed E-state index contributed by atoms with van der Waals surface area (Å²) in [7, 11) is 0. The molecule has 0 radical (unpaired) electrons. The summed E-state index contributed by atoms with van der Waals surface area (Å²) in [5, 5.41) is 8.89. The molecule has 1 atom stereocenters. The summed E-state index contributed by atoms with van der Waals surface area (Å²) in [6.07, 6.45) is 1.55. The summed E-state index contributed by atoms with van der Waals surface area (Å²) in [6, 6.07) is 0.334.